The van der Waals surface area contributed by atoms with E-state index in [0.29, 0.717) is 32.3 Å². The number of aryl methyl sites for hydroxylation is 1. The molecule has 0 saturated carbocycles. The first-order chi connectivity index (χ1) is 15.6. The first-order valence-corrected chi connectivity index (χ1v) is 11.2. The van der Waals surface area contributed by atoms with Crippen molar-refractivity contribution in [3.8, 4) is 5.75 Å². The molecule has 0 unspecified atom stereocenters. The minimum atomic E-state index is 0.0399. The van der Waals surface area contributed by atoms with Crippen LogP contribution in [-0.2, 0) is 22.5 Å². The summed E-state index contributed by atoms with van der Waals surface area (Å²) in [4.78, 5) is 19.3. The smallest absolute Gasteiger partial charge is 0.246 e. The minimum absolute atomic E-state index is 0.0399. The number of aliphatic imine (C=N–C) groups is 1. The summed E-state index contributed by atoms with van der Waals surface area (Å²) in [5.41, 5.74) is 4.38. The van der Waals surface area contributed by atoms with Crippen LogP contribution in [0.3, 0.4) is 0 Å². The molecular formula is C25H34N4O3. The lowest BCUT2D eigenvalue weighted by Crippen LogP contribution is -2.44. The summed E-state index contributed by atoms with van der Waals surface area (Å²) in [7, 11) is 1.69. The predicted octanol–water partition coefficient (Wildman–Crippen LogP) is 3.05. The number of rotatable bonds is 10. The monoisotopic (exact) mass is 438 g/mol. The van der Waals surface area contributed by atoms with Gasteiger partial charge in [-0.1, -0.05) is 30.3 Å². The maximum Gasteiger partial charge on any atom is 0.246 e. The molecule has 0 aromatic heterocycles. The second-order valence-corrected chi connectivity index (χ2v) is 7.78. The number of carbonyl (C=O) groups excluding carboxylic acids is 1. The number of nitrogens with zero attached hydrogens (tertiary/aromatic N) is 2. The van der Waals surface area contributed by atoms with Crippen molar-refractivity contribution in [2.45, 2.75) is 33.2 Å². The van der Waals surface area contributed by atoms with Crippen LogP contribution in [0.5, 0.6) is 5.75 Å². The van der Waals surface area contributed by atoms with Crippen molar-refractivity contribution in [1.29, 1.82) is 0 Å². The van der Waals surface area contributed by atoms with Gasteiger partial charge in [0.25, 0.3) is 0 Å². The van der Waals surface area contributed by atoms with Crippen molar-refractivity contribution in [3.05, 3.63) is 59.2 Å². The molecule has 0 bridgehead atoms. The summed E-state index contributed by atoms with van der Waals surface area (Å²) in [6.45, 7) is 7.39. The van der Waals surface area contributed by atoms with Crippen molar-refractivity contribution >= 4 is 17.6 Å². The maximum absolute atomic E-state index is 12.8. The van der Waals surface area contributed by atoms with E-state index in [1.807, 2.05) is 49.1 Å². The Bertz CT molecular complexity index is 929. The summed E-state index contributed by atoms with van der Waals surface area (Å²) < 4.78 is 11.1. The number of guanidine groups is 1. The summed E-state index contributed by atoms with van der Waals surface area (Å²) in [6.07, 6.45) is 1.73. The number of hydrogen-bond donors (Lipinski definition) is 2. The third kappa shape index (κ3) is 6.47. The Morgan fingerprint density at radius 3 is 2.81 bits per heavy atom. The number of hydrogen-bond acceptors (Lipinski definition) is 4. The molecule has 2 aromatic carbocycles. The average Bonchev–Trinajstić information content (AvgIpc) is 3.23. The van der Waals surface area contributed by atoms with Gasteiger partial charge in [-0.25, -0.2) is 4.99 Å². The van der Waals surface area contributed by atoms with Gasteiger partial charge < -0.3 is 25.0 Å². The first-order valence-electron chi connectivity index (χ1n) is 11.2. The molecule has 7 nitrogen and oxygen atoms in total. The number of nitrogens with one attached hydrogen (secondary N) is 2. The van der Waals surface area contributed by atoms with Crippen LogP contribution < -0.4 is 20.3 Å². The third-order valence-electron chi connectivity index (χ3n) is 5.32. The van der Waals surface area contributed by atoms with Crippen LogP contribution in [0.25, 0.3) is 0 Å². The highest BCUT2D eigenvalue weighted by molar-refractivity contribution is 5.98. The molecule has 1 aliphatic heterocycles. The number of amides is 1. The lowest BCUT2D eigenvalue weighted by atomic mass is 10.1. The normalized spacial score (nSPS) is 13.1. The van der Waals surface area contributed by atoms with E-state index in [9.17, 15) is 4.79 Å². The summed E-state index contributed by atoms with van der Waals surface area (Å²) in [6, 6.07) is 14.2. The van der Waals surface area contributed by atoms with E-state index in [1.54, 1.807) is 7.11 Å². The Labute approximate surface area is 190 Å². The Hall–Kier alpha value is -3.06. The van der Waals surface area contributed by atoms with Crippen LogP contribution in [0.4, 0.5) is 5.69 Å². The molecule has 1 amide bonds. The standard InChI is InChI=1S/C25H34N4O3/c1-4-26-25(28-18-24(30)29-13-12-20-8-5-6-9-22(20)29)27-17-21-11-10-19(2)16-23(21)32-15-7-14-31-3/h5-6,8-11,16H,4,7,12-15,17-18H2,1-3H3,(H2,26,27,28). The molecule has 172 valence electrons. The number of benzene rings is 2. The Morgan fingerprint density at radius 2 is 2.00 bits per heavy atom. The second-order valence-electron chi connectivity index (χ2n) is 7.78. The fourth-order valence-corrected chi connectivity index (χ4v) is 3.67. The molecule has 0 atom stereocenters. The Balaban J connectivity index is 1.61. The molecule has 2 aromatic rings. The molecule has 0 radical (unpaired) electrons. The van der Waals surface area contributed by atoms with Gasteiger partial charge in [0.1, 0.15) is 5.75 Å². The highest BCUT2D eigenvalue weighted by Crippen LogP contribution is 2.27. The van der Waals surface area contributed by atoms with Crippen molar-refractivity contribution in [2.75, 3.05) is 44.9 Å². The fraction of sp³-hybridized carbons (Fsp3) is 0.440. The van der Waals surface area contributed by atoms with Gasteiger partial charge in [0, 0.05) is 44.5 Å². The number of carbonyl (C=O) groups is 1. The largest absolute Gasteiger partial charge is 0.493 e. The van der Waals surface area contributed by atoms with Crippen LogP contribution in [0, 0.1) is 6.92 Å². The van der Waals surface area contributed by atoms with Gasteiger partial charge in [0.2, 0.25) is 5.91 Å². The highest BCUT2D eigenvalue weighted by Gasteiger charge is 2.23. The van der Waals surface area contributed by atoms with E-state index >= 15 is 0 Å². The van der Waals surface area contributed by atoms with Crippen molar-refractivity contribution in [1.82, 2.24) is 10.6 Å². The zero-order valence-corrected chi connectivity index (χ0v) is 19.3. The number of fused-ring (bicyclic) bond motifs is 1. The van der Waals surface area contributed by atoms with Crippen LogP contribution in [0.15, 0.2) is 47.5 Å². The van der Waals surface area contributed by atoms with Crippen LogP contribution >= 0.6 is 0 Å². The number of methoxy groups -OCH3 is 1. The molecule has 0 saturated heterocycles. The SMILES string of the molecule is CCNC(=NCc1ccc(C)cc1OCCCOC)NCC(=O)N1CCc2ccccc21. The van der Waals surface area contributed by atoms with Gasteiger partial charge in [0.15, 0.2) is 5.96 Å². The lowest BCUT2D eigenvalue weighted by Gasteiger charge is -2.19. The third-order valence-corrected chi connectivity index (χ3v) is 5.32. The van der Waals surface area contributed by atoms with E-state index in [1.165, 1.54) is 5.56 Å². The Morgan fingerprint density at radius 1 is 1.16 bits per heavy atom. The summed E-state index contributed by atoms with van der Waals surface area (Å²) >= 11 is 0. The van der Waals surface area contributed by atoms with E-state index in [0.717, 1.165) is 42.0 Å². The first kappa shape index (κ1) is 23.6. The molecule has 3 rings (SSSR count). The topological polar surface area (TPSA) is 75.2 Å². The van der Waals surface area contributed by atoms with Gasteiger partial charge in [-0.15, -0.1) is 0 Å². The van der Waals surface area contributed by atoms with Gasteiger partial charge in [-0.05, 0) is 43.5 Å². The second kappa shape index (κ2) is 12.1. The fourth-order valence-electron chi connectivity index (χ4n) is 3.67. The molecule has 1 heterocycles. The minimum Gasteiger partial charge on any atom is -0.493 e. The molecule has 0 spiro atoms. The summed E-state index contributed by atoms with van der Waals surface area (Å²) in [5, 5.41) is 6.40. The maximum atomic E-state index is 12.8. The zero-order valence-electron chi connectivity index (χ0n) is 19.3. The molecule has 1 aliphatic rings. The quantitative estimate of drug-likeness (QED) is 0.339. The highest BCUT2D eigenvalue weighted by atomic mass is 16.5. The van der Waals surface area contributed by atoms with E-state index in [2.05, 4.69) is 27.8 Å². The van der Waals surface area contributed by atoms with Gasteiger partial charge in [-0.3, -0.25) is 4.79 Å². The number of para-hydroxylation sites is 1. The van der Waals surface area contributed by atoms with Crippen LogP contribution in [0.1, 0.15) is 30.0 Å². The average molecular weight is 439 g/mol. The molecule has 2 N–H and O–H groups in total. The summed E-state index contributed by atoms with van der Waals surface area (Å²) in [5.74, 6) is 1.49. The molecule has 0 fully saturated rings. The van der Waals surface area contributed by atoms with Crippen molar-refractivity contribution in [2.24, 2.45) is 4.99 Å². The molecule has 0 aliphatic carbocycles. The predicted molar refractivity (Wildman–Crippen MR) is 128 cm³/mol. The van der Waals surface area contributed by atoms with Crippen molar-refractivity contribution < 1.29 is 14.3 Å². The van der Waals surface area contributed by atoms with E-state index in [4.69, 9.17) is 9.47 Å². The molecule has 7 heteroatoms. The van der Waals surface area contributed by atoms with Crippen LogP contribution in [-0.4, -0.2) is 51.8 Å². The lowest BCUT2D eigenvalue weighted by molar-refractivity contribution is -0.117. The Kier molecular flexibility index (Phi) is 8.92. The molecule has 32 heavy (non-hydrogen) atoms. The van der Waals surface area contributed by atoms with Crippen LogP contribution in [0.2, 0.25) is 0 Å². The zero-order chi connectivity index (χ0) is 22.8. The van der Waals surface area contributed by atoms with Crippen molar-refractivity contribution in [3.63, 3.8) is 0 Å². The molecular weight excluding hydrogens is 404 g/mol. The number of anilines is 1. The van der Waals surface area contributed by atoms with Gasteiger partial charge in [0.05, 0.1) is 19.7 Å². The number of ether oxygens (including phenoxy) is 2. The van der Waals surface area contributed by atoms with Gasteiger partial charge in [-0.2, -0.15) is 0 Å². The van der Waals surface area contributed by atoms with Gasteiger partial charge >= 0.3 is 0 Å². The van der Waals surface area contributed by atoms with E-state index < -0.39 is 0 Å². The van der Waals surface area contributed by atoms with E-state index in [-0.39, 0.29) is 12.5 Å².